The zero-order valence-corrected chi connectivity index (χ0v) is 17.9. The molecule has 0 saturated carbocycles. The van der Waals surface area contributed by atoms with Gasteiger partial charge in [0.05, 0.1) is 49.8 Å². The third kappa shape index (κ3) is 4.76. The maximum atomic E-state index is 5.31. The lowest BCUT2D eigenvalue weighted by Crippen LogP contribution is -1.94. The van der Waals surface area contributed by atoms with E-state index in [2.05, 4.69) is 42.1 Å². The molecule has 0 aliphatic carbocycles. The van der Waals surface area contributed by atoms with E-state index in [0.29, 0.717) is 23.0 Å². The summed E-state index contributed by atoms with van der Waals surface area (Å²) in [5.41, 5.74) is 1.64. The van der Waals surface area contributed by atoms with Crippen molar-refractivity contribution in [3.63, 3.8) is 0 Å². The molecule has 0 spiro atoms. The first kappa shape index (κ1) is 20.3. The molecule has 2 aromatic carbocycles. The molecule has 8 heteroatoms. The van der Waals surface area contributed by atoms with E-state index in [9.17, 15) is 0 Å². The number of benzene rings is 2. The molecule has 138 valence electrons. The second kappa shape index (κ2) is 9.59. The van der Waals surface area contributed by atoms with Crippen LogP contribution in [0.4, 0.5) is 0 Å². The van der Waals surface area contributed by atoms with Crippen molar-refractivity contribution in [3.8, 4) is 23.0 Å². The molecule has 0 N–H and O–H groups in total. The maximum absolute atomic E-state index is 5.31. The van der Waals surface area contributed by atoms with Crippen molar-refractivity contribution in [2.45, 2.75) is 0 Å². The Hall–Kier alpha value is -2.06. The first-order valence-corrected chi connectivity index (χ1v) is 9.02. The molecule has 0 amide bonds. The predicted molar refractivity (Wildman–Crippen MR) is 110 cm³/mol. The molecule has 0 radical (unpaired) electrons. The quantitative estimate of drug-likeness (QED) is 0.421. The van der Waals surface area contributed by atoms with Crippen LogP contribution in [-0.4, -0.2) is 40.9 Å². The van der Waals surface area contributed by atoms with Gasteiger partial charge in [-0.25, -0.2) is 0 Å². The molecule has 0 bridgehead atoms. The van der Waals surface area contributed by atoms with Crippen LogP contribution in [0.1, 0.15) is 11.1 Å². The average Bonchev–Trinajstić information content (AvgIpc) is 2.64. The van der Waals surface area contributed by atoms with Gasteiger partial charge in [-0.15, -0.1) is 0 Å². The summed E-state index contributed by atoms with van der Waals surface area (Å²) in [5, 5.41) is 8.15. The number of ether oxygens (including phenoxy) is 4. The fourth-order valence-electron chi connectivity index (χ4n) is 2.22. The van der Waals surface area contributed by atoms with Gasteiger partial charge < -0.3 is 18.9 Å². The van der Waals surface area contributed by atoms with Crippen molar-refractivity contribution in [1.82, 2.24) is 0 Å². The first-order chi connectivity index (χ1) is 12.5. The normalized spacial score (nSPS) is 11.2. The van der Waals surface area contributed by atoms with Gasteiger partial charge in [-0.2, -0.15) is 10.2 Å². The van der Waals surface area contributed by atoms with Gasteiger partial charge in [0, 0.05) is 0 Å². The molecule has 2 rings (SSSR count). The minimum atomic E-state index is 0.608. The maximum Gasteiger partial charge on any atom is 0.174 e. The van der Waals surface area contributed by atoms with Crippen molar-refractivity contribution in [2.24, 2.45) is 10.2 Å². The second-order valence-electron chi connectivity index (χ2n) is 4.97. The molecule has 6 nitrogen and oxygen atoms in total. The zero-order valence-electron chi connectivity index (χ0n) is 14.7. The molecule has 2 aromatic rings. The third-order valence-corrected chi connectivity index (χ3v) is 4.57. The van der Waals surface area contributed by atoms with Crippen LogP contribution >= 0.6 is 31.9 Å². The summed E-state index contributed by atoms with van der Waals surface area (Å²) in [6.07, 6.45) is 3.25. The Kier molecular flexibility index (Phi) is 7.47. The van der Waals surface area contributed by atoms with E-state index in [4.69, 9.17) is 18.9 Å². The molecular formula is C18H18Br2N2O4. The van der Waals surface area contributed by atoms with E-state index >= 15 is 0 Å². The lowest BCUT2D eigenvalue weighted by molar-refractivity contribution is 0.353. The fourth-order valence-corrected chi connectivity index (χ4v) is 3.47. The highest BCUT2D eigenvalue weighted by Gasteiger charge is 2.10. The van der Waals surface area contributed by atoms with E-state index in [1.807, 2.05) is 24.3 Å². The molecular weight excluding hydrogens is 468 g/mol. The molecule has 0 aromatic heterocycles. The minimum Gasteiger partial charge on any atom is -0.493 e. The molecule has 26 heavy (non-hydrogen) atoms. The Morgan fingerprint density at radius 3 is 1.35 bits per heavy atom. The monoisotopic (exact) mass is 484 g/mol. The van der Waals surface area contributed by atoms with Crippen molar-refractivity contribution in [3.05, 3.63) is 44.3 Å². The summed E-state index contributed by atoms with van der Waals surface area (Å²) < 4.78 is 22.7. The third-order valence-electron chi connectivity index (χ3n) is 3.39. The van der Waals surface area contributed by atoms with E-state index in [1.165, 1.54) is 0 Å². The highest BCUT2D eigenvalue weighted by molar-refractivity contribution is 9.11. The van der Waals surface area contributed by atoms with Crippen LogP contribution in [0.15, 0.2) is 43.4 Å². The lowest BCUT2D eigenvalue weighted by atomic mass is 10.2. The summed E-state index contributed by atoms with van der Waals surface area (Å²) >= 11 is 6.89. The number of hydrogen-bond donors (Lipinski definition) is 0. The summed E-state index contributed by atoms with van der Waals surface area (Å²) in [4.78, 5) is 0. The fraction of sp³-hybridized carbons (Fsp3) is 0.222. The van der Waals surface area contributed by atoms with E-state index in [1.54, 1.807) is 40.9 Å². The highest BCUT2D eigenvalue weighted by atomic mass is 79.9. The van der Waals surface area contributed by atoms with E-state index in [0.717, 1.165) is 20.1 Å². The summed E-state index contributed by atoms with van der Waals surface area (Å²) in [6.45, 7) is 0. The van der Waals surface area contributed by atoms with Gasteiger partial charge in [-0.05, 0) is 67.3 Å². The van der Waals surface area contributed by atoms with Gasteiger partial charge in [0.15, 0.2) is 23.0 Å². The van der Waals surface area contributed by atoms with Gasteiger partial charge >= 0.3 is 0 Å². The molecule has 0 aliphatic rings. The Morgan fingerprint density at radius 1 is 0.654 bits per heavy atom. The number of halogens is 2. The van der Waals surface area contributed by atoms with Crippen LogP contribution in [0.3, 0.4) is 0 Å². The second-order valence-corrected chi connectivity index (χ2v) is 6.67. The smallest absolute Gasteiger partial charge is 0.174 e. The van der Waals surface area contributed by atoms with Gasteiger partial charge in [-0.3, -0.25) is 0 Å². The van der Waals surface area contributed by atoms with Gasteiger partial charge in [-0.1, -0.05) is 0 Å². The van der Waals surface area contributed by atoms with Crippen LogP contribution in [-0.2, 0) is 0 Å². The van der Waals surface area contributed by atoms with Crippen LogP contribution in [0.25, 0.3) is 0 Å². The summed E-state index contributed by atoms with van der Waals surface area (Å²) in [7, 11) is 6.33. The standard InChI is InChI=1S/C18H18Br2N2O4/c1-23-15-7-11(5-13(19)17(15)25-3)9-21-22-10-12-6-14(20)18(26-4)16(8-12)24-2/h5-10H,1-4H3/b21-9-,22-10-. The molecule has 0 aliphatic heterocycles. The van der Waals surface area contributed by atoms with E-state index < -0.39 is 0 Å². The lowest BCUT2D eigenvalue weighted by Gasteiger charge is -2.10. The first-order valence-electron chi connectivity index (χ1n) is 7.43. The molecule has 0 saturated heterocycles. The zero-order chi connectivity index (χ0) is 19.1. The topological polar surface area (TPSA) is 61.6 Å². The number of methoxy groups -OCH3 is 4. The van der Waals surface area contributed by atoms with Crippen LogP contribution in [0.2, 0.25) is 0 Å². The largest absolute Gasteiger partial charge is 0.493 e. The average molecular weight is 486 g/mol. The molecule has 0 fully saturated rings. The SMILES string of the molecule is COc1cc(/C=N\N=C/c2cc(Br)c(OC)c(OC)c2)cc(Br)c1OC. The van der Waals surface area contributed by atoms with Gasteiger partial charge in [0.25, 0.3) is 0 Å². The van der Waals surface area contributed by atoms with Crippen LogP contribution in [0, 0.1) is 0 Å². The van der Waals surface area contributed by atoms with Crippen molar-refractivity contribution < 1.29 is 18.9 Å². The van der Waals surface area contributed by atoms with Gasteiger partial charge in [0.2, 0.25) is 0 Å². The number of hydrogen-bond acceptors (Lipinski definition) is 6. The number of rotatable bonds is 7. The van der Waals surface area contributed by atoms with Crippen LogP contribution < -0.4 is 18.9 Å². The molecule has 0 heterocycles. The molecule has 0 unspecified atom stereocenters. The Bertz CT molecular complexity index is 769. The Morgan fingerprint density at radius 2 is 1.04 bits per heavy atom. The predicted octanol–water partition coefficient (Wildman–Crippen LogP) is 4.70. The molecule has 0 atom stereocenters. The Labute approximate surface area is 169 Å². The van der Waals surface area contributed by atoms with E-state index in [-0.39, 0.29) is 0 Å². The Balaban J connectivity index is 2.21. The highest BCUT2D eigenvalue weighted by Crippen LogP contribution is 2.36. The van der Waals surface area contributed by atoms with Crippen LogP contribution in [0.5, 0.6) is 23.0 Å². The summed E-state index contributed by atoms with van der Waals surface area (Å²) in [6, 6.07) is 7.37. The van der Waals surface area contributed by atoms with Crippen molar-refractivity contribution >= 4 is 44.3 Å². The summed E-state index contributed by atoms with van der Waals surface area (Å²) in [5.74, 6) is 2.47. The van der Waals surface area contributed by atoms with Crippen molar-refractivity contribution in [1.29, 1.82) is 0 Å². The number of nitrogens with zero attached hydrogens (tertiary/aromatic N) is 2. The van der Waals surface area contributed by atoms with Gasteiger partial charge in [0.1, 0.15) is 0 Å². The minimum absolute atomic E-state index is 0.608. The van der Waals surface area contributed by atoms with Crippen molar-refractivity contribution in [2.75, 3.05) is 28.4 Å².